The van der Waals surface area contributed by atoms with Crippen molar-refractivity contribution >= 4 is 33.9 Å². The first kappa shape index (κ1) is 12.8. The van der Waals surface area contributed by atoms with Crippen LogP contribution in [0.3, 0.4) is 0 Å². The SMILES string of the molecule is CCc1ccc(-c2nc(CC)c(I)c(=O)[nH]2)s1. The molecule has 0 fully saturated rings. The van der Waals surface area contributed by atoms with Crippen molar-refractivity contribution in [2.45, 2.75) is 26.7 Å². The van der Waals surface area contributed by atoms with Gasteiger partial charge in [0.25, 0.3) is 5.56 Å². The van der Waals surface area contributed by atoms with Crippen LogP contribution in [-0.2, 0) is 12.8 Å². The molecule has 2 aromatic rings. The van der Waals surface area contributed by atoms with E-state index in [1.54, 1.807) is 11.3 Å². The molecule has 0 aliphatic carbocycles. The third-order valence-corrected chi connectivity index (χ3v) is 4.86. The molecule has 2 rings (SSSR count). The Hall–Kier alpha value is -0.690. The molecule has 0 unspecified atom stereocenters. The van der Waals surface area contributed by atoms with Gasteiger partial charge >= 0.3 is 0 Å². The van der Waals surface area contributed by atoms with Gasteiger partial charge in [-0.1, -0.05) is 13.8 Å². The van der Waals surface area contributed by atoms with Crippen molar-refractivity contribution in [3.8, 4) is 10.7 Å². The number of nitrogens with zero attached hydrogens (tertiary/aromatic N) is 1. The number of hydrogen-bond acceptors (Lipinski definition) is 3. The highest BCUT2D eigenvalue weighted by molar-refractivity contribution is 14.1. The molecule has 0 radical (unpaired) electrons. The molecule has 0 spiro atoms. The Bertz CT molecular complexity index is 588. The van der Waals surface area contributed by atoms with Crippen LogP contribution < -0.4 is 5.56 Å². The fourth-order valence-corrected chi connectivity index (χ4v) is 3.08. The van der Waals surface area contributed by atoms with Gasteiger partial charge in [0.1, 0.15) is 0 Å². The number of rotatable bonds is 3. The van der Waals surface area contributed by atoms with Crippen molar-refractivity contribution in [2.75, 3.05) is 0 Å². The smallest absolute Gasteiger partial charge is 0.264 e. The summed E-state index contributed by atoms with van der Waals surface area (Å²) in [6.45, 7) is 4.14. The summed E-state index contributed by atoms with van der Waals surface area (Å²) in [7, 11) is 0. The zero-order chi connectivity index (χ0) is 12.4. The van der Waals surface area contributed by atoms with E-state index >= 15 is 0 Å². The number of nitrogens with one attached hydrogen (secondary N) is 1. The molecular weight excluding hydrogens is 347 g/mol. The van der Waals surface area contributed by atoms with Gasteiger partial charge in [0.2, 0.25) is 0 Å². The second kappa shape index (κ2) is 5.30. The van der Waals surface area contributed by atoms with Gasteiger partial charge in [-0.15, -0.1) is 11.3 Å². The van der Waals surface area contributed by atoms with Crippen LogP contribution in [0.15, 0.2) is 16.9 Å². The molecule has 2 heterocycles. The number of aryl methyl sites for hydroxylation is 2. The maximum Gasteiger partial charge on any atom is 0.264 e. The Kier molecular flexibility index (Phi) is 3.98. The molecule has 2 aromatic heterocycles. The average molecular weight is 360 g/mol. The summed E-state index contributed by atoms with van der Waals surface area (Å²) in [5.74, 6) is 0.692. The summed E-state index contributed by atoms with van der Waals surface area (Å²) in [6, 6.07) is 4.11. The van der Waals surface area contributed by atoms with E-state index in [1.807, 2.05) is 13.0 Å². The number of halogens is 1. The van der Waals surface area contributed by atoms with Gasteiger partial charge < -0.3 is 4.98 Å². The molecular formula is C12H13IN2OS. The van der Waals surface area contributed by atoms with Crippen LogP contribution in [0.5, 0.6) is 0 Å². The minimum absolute atomic E-state index is 0.0427. The lowest BCUT2D eigenvalue weighted by molar-refractivity contribution is 0.971. The monoisotopic (exact) mass is 360 g/mol. The predicted octanol–water partition coefficient (Wildman–Crippen LogP) is 3.23. The van der Waals surface area contributed by atoms with Crippen LogP contribution in [0.25, 0.3) is 10.7 Å². The van der Waals surface area contributed by atoms with E-state index < -0.39 is 0 Å². The quantitative estimate of drug-likeness (QED) is 0.855. The second-order valence-corrected chi connectivity index (χ2v) is 5.90. The largest absolute Gasteiger partial charge is 0.305 e. The summed E-state index contributed by atoms with van der Waals surface area (Å²) in [4.78, 5) is 21.5. The molecule has 17 heavy (non-hydrogen) atoms. The van der Waals surface area contributed by atoms with Gasteiger partial charge in [-0.25, -0.2) is 4.98 Å². The van der Waals surface area contributed by atoms with Crippen LogP contribution in [0.4, 0.5) is 0 Å². The fraction of sp³-hybridized carbons (Fsp3) is 0.333. The van der Waals surface area contributed by atoms with Gasteiger partial charge in [0, 0.05) is 4.88 Å². The molecule has 0 aliphatic rings. The highest BCUT2D eigenvalue weighted by Crippen LogP contribution is 2.25. The molecule has 0 saturated heterocycles. The van der Waals surface area contributed by atoms with Gasteiger partial charge in [0.05, 0.1) is 14.1 Å². The number of hydrogen-bond donors (Lipinski definition) is 1. The second-order valence-electron chi connectivity index (χ2n) is 3.65. The molecule has 0 bridgehead atoms. The molecule has 0 atom stereocenters. The van der Waals surface area contributed by atoms with Crippen molar-refractivity contribution < 1.29 is 0 Å². The number of thiophene rings is 1. The van der Waals surface area contributed by atoms with Crippen molar-refractivity contribution in [2.24, 2.45) is 0 Å². The van der Waals surface area contributed by atoms with Crippen LogP contribution in [0, 0.1) is 3.57 Å². The molecule has 5 heteroatoms. The van der Waals surface area contributed by atoms with Gasteiger partial charge in [-0.2, -0.15) is 0 Å². The van der Waals surface area contributed by atoms with E-state index in [4.69, 9.17) is 0 Å². The standard InChI is InChI=1S/C12H13IN2OS/c1-3-7-5-6-9(17-7)11-14-8(4-2)10(13)12(16)15-11/h5-6H,3-4H2,1-2H3,(H,14,15,16). The zero-order valence-electron chi connectivity index (χ0n) is 9.71. The highest BCUT2D eigenvalue weighted by Gasteiger charge is 2.10. The molecule has 0 amide bonds. The molecule has 1 N–H and O–H groups in total. The number of H-pyrrole nitrogens is 1. The van der Waals surface area contributed by atoms with E-state index in [2.05, 4.69) is 45.5 Å². The lowest BCUT2D eigenvalue weighted by Gasteiger charge is -2.02. The van der Waals surface area contributed by atoms with Crippen LogP contribution in [-0.4, -0.2) is 9.97 Å². The lowest BCUT2D eigenvalue weighted by Crippen LogP contribution is -2.15. The van der Waals surface area contributed by atoms with Gasteiger partial charge in [-0.05, 0) is 47.6 Å². The number of aromatic amines is 1. The fourth-order valence-electron chi connectivity index (χ4n) is 1.55. The third kappa shape index (κ3) is 2.60. The van der Waals surface area contributed by atoms with E-state index in [-0.39, 0.29) is 5.56 Å². The molecule has 0 saturated carbocycles. The maximum atomic E-state index is 11.8. The molecule has 0 aromatic carbocycles. The lowest BCUT2D eigenvalue weighted by atomic mass is 10.3. The van der Waals surface area contributed by atoms with E-state index in [0.717, 1.165) is 23.4 Å². The van der Waals surface area contributed by atoms with Crippen LogP contribution >= 0.6 is 33.9 Å². The Morgan fingerprint density at radius 1 is 1.35 bits per heavy atom. The van der Waals surface area contributed by atoms with E-state index in [0.29, 0.717) is 9.39 Å². The Morgan fingerprint density at radius 3 is 2.71 bits per heavy atom. The van der Waals surface area contributed by atoms with Crippen molar-refractivity contribution in [1.82, 2.24) is 9.97 Å². The maximum absolute atomic E-state index is 11.8. The first-order valence-electron chi connectivity index (χ1n) is 5.53. The Labute approximate surface area is 117 Å². The van der Waals surface area contributed by atoms with Crippen molar-refractivity contribution in [1.29, 1.82) is 0 Å². The predicted molar refractivity (Wildman–Crippen MR) is 79.6 cm³/mol. The average Bonchev–Trinajstić information content (AvgIpc) is 2.81. The van der Waals surface area contributed by atoms with Gasteiger partial charge in [0.15, 0.2) is 5.82 Å². The summed E-state index contributed by atoms with van der Waals surface area (Å²) in [6.07, 6.45) is 1.79. The Balaban J connectivity index is 2.52. The third-order valence-electron chi connectivity index (χ3n) is 2.51. The van der Waals surface area contributed by atoms with Crippen LogP contribution in [0.1, 0.15) is 24.4 Å². The Morgan fingerprint density at radius 2 is 2.12 bits per heavy atom. The molecule has 90 valence electrons. The van der Waals surface area contributed by atoms with Crippen molar-refractivity contribution in [3.63, 3.8) is 0 Å². The van der Waals surface area contributed by atoms with E-state index in [9.17, 15) is 4.79 Å². The minimum Gasteiger partial charge on any atom is -0.305 e. The zero-order valence-corrected chi connectivity index (χ0v) is 12.7. The van der Waals surface area contributed by atoms with Crippen molar-refractivity contribution in [3.05, 3.63) is 36.6 Å². The summed E-state index contributed by atoms with van der Waals surface area (Å²) in [5, 5.41) is 0. The summed E-state index contributed by atoms with van der Waals surface area (Å²) >= 11 is 3.74. The topological polar surface area (TPSA) is 45.8 Å². The summed E-state index contributed by atoms with van der Waals surface area (Å²) < 4.78 is 0.695. The highest BCUT2D eigenvalue weighted by atomic mass is 127. The van der Waals surface area contributed by atoms with Crippen LogP contribution in [0.2, 0.25) is 0 Å². The minimum atomic E-state index is -0.0427. The van der Waals surface area contributed by atoms with E-state index in [1.165, 1.54) is 4.88 Å². The normalized spacial score (nSPS) is 10.8. The molecule has 0 aliphatic heterocycles. The molecule has 3 nitrogen and oxygen atoms in total. The summed E-state index contributed by atoms with van der Waals surface area (Å²) in [5.41, 5.74) is 0.828. The first-order valence-corrected chi connectivity index (χ1v) is 7.43. The first-order chi connectivity index (χ1) is 8.15. The number of aromatic nitrogens is 2. The van der Waals surface area contributed by atoms with Gasteiger partial charge in [-0.3, -0.25) is 4.79 Å².